The third-order valence-electron chi connectivity index (χ3n) is 2.46. The van der Waals surface area contributed by atoms with Crippen LogP contribution in [0.2, 0.25) is 5.15 Å². The van der Waals surface area contributed by atoms with E-state index < -0.39 is 5.97 Å². The summed E-state index contributed by atoms with van der Waals surface area (Å²) < 4.78 is 4.93. The number of nitrogens with zero attached hydrogens (tertiary/aromatic N) is 4. The van der Waals surface area contributed by atoms with Crippen LogP contribution in [-0.2, 0) is 4.74 Å². The lowest BCUT2D eigenvalue weighted by Crippen LogP contribution is -2.12. The summed E-state index contributed by atoms with van der Waals surface area (Å²) in [6.07, 6.45) is 0. The molecule has 8 heteroatoms. The van der Waals surface area contributed by atoms with Crippen LogP contribution in [0.15, 0.2) is 12.1 Å². The van der Waals surface area contributed by atoms with Crippen molar-refractivity contribution >= 4 is 29.2 Å². The van der Waals surface area contributed by atoms with Gasteiger partial charge in [0.15, 0.2) is 10.8 Å². The number of aryl methyl sites for hydroxylation is 2. The molecule has 0 unspecified atom stereocenters. The monoisotopic (exact) mass is 307 g/mol. The minimum absolute atomic E-state index is 0.0315. The number of rotatable bonds is 4. The Hall–Kier alpha value is -2.28. The summed E-state index contributed by atoms with van der Waals surface area (Å²) >= 11 is 5.82. The number of ether oxygens (including phenoxy) is 1. The Morgan fingerprint density at radius 3 is 2.52 bits per heavy atom. The van der Waals surface area contributed by atoms with Gasteiger partial charge in [0.25, 0.3) is 0 Å². The van der Waals surface area contributed by atoms with Gasteiger partial charge in [-0.2, -0.15) is 0 Å². The van der Waals surface area contributed by atoms with E-state index >= 15 is 0 Å². The molecule has 2 rings (SSSR count). The minimum atomic E-state index is -0.589. The standard InChI is InChI=1S/C13H14ClN5O2/c1-4-21-12(20)11-9(6-10(14)18-19-11)17-13-15-7(2)5-8(3)16-13/h5-6H,4H2,1-3H3,(H,15,16,17,18). The molecule has 0 aliphatic rings. The Bertz CT molecular complexity index is 657. The van der Waals surface area contributed by atoms with Crippen LogP contribution >= 0.6 is 11.6 Å². The summed E-state index contributed by atoms with van der Waals surface area (Å²) in [4.78, 5) is 20.3. The fraction of sp³-hybridized carbons (Fsp3) is 0.308. The topological polar surface area (TPSA) is 89.9 Å². The largest absolute Gasteiger partial charge is 0.461 e. The van der Waals surface area contributed by atoms with Gasteiger partial charge in [0.1, 0.15) is 0 Å². The molecule has 0 saturated heterocycles. The molecule has 0 bridgehead atoms. The Morgan fingerprint density at radius 1 is 1.24 bits per heavy atom. The fourth-order valence-electron chi connectivity index (χ4n) is 1.72. The van der Waals surface area contributed by atoms with Gasteiger partial charge in [-0.3, -0.25) is 0 Å². The van der Waals surface area contributed by atoms with E-state index in [1.165, 1.54) is 6.07 Å². The maximum Gasteiger partial charge on any atom is 0.361 e. The van der Waals surface area contributed by atoms with Crippen molar-refractivity contribution in [3.05, 3.63) is 34.4 Å². The molecular formula is C13H14ClN5O2. The van der Waals surface area contributed by atoms with Crippen LogP contribution in [0.4, 0.5) is 11.6 Å². The molecule has 0 atom stereocenters. The van der Waals surface area contributed by atoms with Crippen LogP contribution in [-0.4, -0.2) is 32.7 Å². The van der Waals surface area contributed by atoms with Crippen molar-refractivity contribution in [1.82, 2.24) is 20.2 Å². The molecule has 2 heterocycles. The van der Waals surface area contributed by atoms with E-state index in [0.29, 0.717) is 11.6 Å². The number of nitrogens with one attached hydrogen (secondary N) is 1. The van der Waals surface area contributed by atoms with E-state index in [0.717, 1.165) is 11.4 Å². The van der Waals surface area contributed by atoms with Gasteiger partial charge in [0.2, 0.25) is 5.95 Å². The maximum absolute atomic E-state index is 11.9. The molecule has 0 aliphatic carbocycles. The molecule has 1 N–H and O–H groups in total. The van der Waals surface area contributed by atoms with E-state index in [4.69, 9.17) is 16.3 Å². The zero-order valence-corrected chi connectivity index (χ0v) is 12.6. The van der Waals surface area contributed by atoms with Crippen LogP contribution in [0.25, 0.3) is 0 Å². The van der Waals surface area contributed by atoms with Crippen LogP contribution in [0.3, 0.4) is 0 Å². The van der Waals surface area contributed by atoms with Crippen molar-refractivity contribution in [3.8, 4) is 0 Å². The molecule has 0 aromatic carbocycles. The predicted molar refractivity (Wildman–Crippen MR) is 77.8 cm³/mol. The molecule has 7 nitrogen and oxygen atoms in total. The van der Waals surface area contributed by atoms with E-state index in [1.54, 1.807) is 6.92 Å². The van der Waals surface area contributed by atoms with Gasteiger partial charge in [-0.15, -0.1) is 10.2 Å². The lowest BCUT2D eigenvalue weighted by Gasteiger charge is -2.10. The normalized spacial score (nSPS) is 10.3. The first-order valence-electron chi connectivity index (χ1n) is 6.29. The summed E-state index contributed by atoms with van der Waals surface area (Å²) in [6, 6.07) is 3.32. The van der Waals surface area contributed by atoms with Gasteiger partial charge in [-0.05, 0) is 26.8 Å². The summed E-state index contributed by atoms with van der Waals surface area (Å²) in [5.74, 6) is -0.240. The molecule has 0 fully saturated rings. The smallest absolute Gasteiger partial charge is 0.361 e. The fourth-order valence-corrected chi connectivity index (χ4v) is 1.86. The zero-order chi connectivity index (χ0) is 15.4. The van der Waals surface area contributed by atoms with Crippen LogP contribution in [0.5, 0.6) is 0 Å². The Morgan fingerprint density at radius 2 is 1.90 bits per heavy atom. The summed E-state index contributed by atoms with van der Waals surface area (Å²) in [7, 11) is 0. The molecular weight excluding hydrogens is 294 g/mol. The average Bonchev–Trinajstić information content (AvgIpc) is 2.37. The first-order valence-corrected chi connectivity index (χ1v) is 6.67. The van der Waals surface area contributed by atoms with Gasteiger partial charge in [0, 0.05) is 17.5 Å². The SMILES string of the molecule is CCOC(=O)c1nnc(Cl)cc1Nc1nc(C)cc(C)n1. The highest BCUT2D eigenvalue weighted by molar-refractivity contribution is 6.29. The van der Waals surface area contributed by atoms with Gasteiger partial charge < -0.3 is 10.1 Å². The van der Waals surface area contributed by atoms with Crippen LogP contribution in [0, 0.1) is 13.8 Å². The van der Waals surface area contributed by atoms with E-state index in [2.05, 4.69) is 25.5 Å². The van der Waals surface area contributed by atoms with Crippen molar-refractivity contribution in [3.63, 3.8) is 0 Å². The average molecular weight is 308 g/mol. The number of hydrogen-bond acceptors (Lipinski definition) is 7. The van der Waals surface area contributed by atoms with Gasteiger partial charge in [-0.25, -0.2) is 14.8 Å². The van der Waals surface area contributed by atoms with Gasteiger partial charge in [0.05, 0.1) is 12.3 Å². The molecule has 0 aliphatic heterocycles. The number of anilines is 2. The number of carbonyl (C=O) groups is 1. The van der Waals surface area contributed by atoms with E-state index in [9.17, 15) is 4.79 Å². The van der Waals surface area contributed by atoms with Gasteiger partial charge >= 0.3 is 5.97 Å². The lowest BCUT2D eigenvalue weighted by molar-refractivity contribution is 0.0519. The molecule has 2 aromatic heterocycles. The molecule has 110 valence electrons. The molecule has 0 spiro atoms. The highest BCUT2D eigenvalue weighted by Gasteiger charge is 2.17. The third-order valence-corrected chi connectivity index (χ3v) is 2.65. The van der Waals surface area contributed by atoms with Crippen molar-refractivity contribution in [2.24, 2.45) is 0 Å². The van der Waals surface area contributed by atoms with Gasteiger partial charge in [-0.1, -0.05) is 11.6 Å². The number of halogens is 1. The lowest BCUT2D eigenvalue weighted by atomic mass is 10.3. The van der Waals surface area contributed by atoms with Crippen LogP contribution < -0.4 is 5.32 Å². The highest BCUT2D eigenvalue weighted by Crippen LogP contribution is 2.20. The van der Waals surface area contributed by atoms with Crippen molar-refractivity contribution < 1.29 is 9.53 Å². The number of esters is 1. The quantitative estimate of drug-likeness (QED) is 0.868. The molecule has 0 amide bonds. The second-order valence-corrected chi connectivity index (χ2v) is 4.64. The molecule has 0 radical (unpaired) electrons. The highest BCUT2D eigenvalue weighted by atomic mass is 35.5. The molecule has 21 heavy (non-hydrogen) atoms. The van der Waals surface area contributed by atoms with Crippen molar-refractivity contribution in [1.29, 1.82) is 0 Å². The first kappa shape index (κ1) is 15.1. The number of aromatic nitrogens is 4. The second-order valence-electron chi connectivity index (χ2n) is 4.25. The predicted octanol–water partition coefficient (Wildman–Crippen LogP) is 2.46. The zero-order valence-electron chi connectivity index (χ0n) is 11.8. The van der Waals surface area contributed by atoms with E-state index in [1.807, 2.05) is 19.9 Å². The molecule has 0 saturated carbocycles. The second kappa shape index (κ2) is 6.45. The Balaban J connectivity index is 2.38. The summed E-state index contributed by atoms with van der Waals surface area (Å²) in [5, 5.41) is 10.5. The third kappa shape index (κ3) is 3.85. The van der Waals surface area contributed by atoms with Crippen molar-refractivity contribution in [2.75, 3.05) is 11.9 Å². The van der Waals surface area contributed by atoms with Crippen molar-refractivity contribution in [2.45, 2.75) is 20.8 Å². The summed E-state index contributed by atoms with van der Waals surface area (Å²) in [5.41, 5.74) is 1.98. The first-order chi connectivity index (χ1) is 9.99. The number of hydrogen-bond donors (Lipinski definition) is 1. The molecule has 2 aromatic rings. The summed E-state index contributed by atoms with van der Waals surface area (Å²) in [6.45, 7) is 5.65. The Labute approximate surface area is 126 Å². The number of carbonyl (C=O) groups excluding carboxylic acids is 1. The Kier molecular flexibility index (Phi) is 4.64. The maximum atomic E-state index is 11.9. The van der Waals surface area contributed by atoms with Crippen LogP contribution in [0.1, 0.15) is 28.8 Å². The minimum Gasteiger partial charge on any atom is -0.461 e. The van der Waals surface area contributed by atoms with E-state index in [-0.39, 0.29) is 17.5 Å².